The van der Waals surface area contributed by atoms with E-state index in [2.05, 4.69) is 38.4 Å². The molecule has 1 unspecified atom stereocenters. The molecular formula is C20H38N+. The zero-order chi connectivity index (χ0) is 15.2. The molecule has 1 heterocycles. The largest absolute Gasteiger partial charge is 0.296 e. The highest BCUT2D eigenvalue weighted by Gasteiger charge is 2.17. The van der Waals surface area contributed by atoms with Gasteiger partial charge in [-0.25, -0.2) is 0 Å². The van der Waals surface area contributed by atoms with Crippen molar-refractivity contribution in [3.8, 4) is 0 Å². The lowest BCUT2D eigenvalue weighted by Gasteiger charge is -2.30. The van der Waals surface area contributed by atoms with E-state index in [0.29, 0.717) is 0 Å². The Labute approximate surface area is 133 Å². The number of likely N-dealkylation sites (N-methyl/N-ethyl adjacent to an activating group) is 1. The highest BCUT2D eigenvalue weighted by molar-refractivity contribution is 5.03. The molecule has 0 aromatic heterocycles. The van der Waals surface area contributed by atoms with Crippen LogP contribution in [0.4, 0.5) is 0 Å². The Balaban J connectivity index is 1.81. The third-order valence-corrected chi connectivity index (χ3v) is 4.74. The van der Waals surface area contributed by atoms with Crippen molar-refractivity contribution in [2.24, 2.45) is 0 Å². The fourth-order valence-electron chi connectivity index (χ4n) is 3.18. The van der Waals surface area contributed by atoms with E-state index in [1.807, 2.05) is 0 Å². The van der Waals surface area contributed by atoms with Crippen molar-refractivity contribution >= 4 is 0 Å². The zero-order valence-corrected chi connectivity index (χ0v) is 14.7. The number of allylic oxidation sites excluding steroid dienone is 2. The lowest BCUT2D eigenvalue weighted by molar-refractivity contribution is -0.854. The molecule has 1 heteroatoms. The summed E-state index contributed by atoms with van der Waals surface area (Å²) in [6.07, 6.45) is 26.3. The minimum absolute atomic E-state index is 1.11. The molecule has 0 aromatic carbocycles. The van der Waals surface area contributed by atoms with Crippen molar-refractivity contribution < 1.29 is 4.48 Å². The van der Waals surface area contributed by atoms with E-state index in [-0.39, 0.29) is 0 Å². The van der Waals surface area contributed by atoms with Crippen LogP contribution < -0.4 is 0 Å². The van der Waals surface area contributed by atoms with Crippen LogP contribution in [0.15, 0.2) is 24.4 Å². The Morgan fingerprint density at radius 1 is 0.714 bits per heavy atom. The van der Waals surface area contributed by atoms with E-state index < -0.39 is 0 Å². The van der Waals surface area contributed by atoms with Gasteiger partial charge < -0.3 is 0 Å². The first kappa shape index (κ1) is 18.5. The predicted molar refractivity (Wildman–Crippen MR) is 95.3 cm³/mol. The van der Waals surface area contributed by atoms with Crippen LogP contribution in [0.5, 0.6) is 0 Å². The normalized spacial score (nSPS) is 21.0. The molecule has 1 rings (SSSR count). The zero-order valence-electron chi connectivity index (χ0n) is 14.7. The number of hydrogen-bond acceptors (Lipinski definition) is 0. The van der Waals surface area contributed by atoms with Crippen molar-refractivity contribution in [1.29, 1.82) is 0 Å². The molecule has 21 heavy (non-hydrogen) atoms. The molecule has 1 nitrogen and oxygen atoms in total. The first-order valence-corrected chi connectivity index (χ1v) is 9.45. The van der Waals surface area contributed by atoms with Gasteiger partial charge in [-0.05, 0) is 25.0 Å². The fraction of sp³-hybridized carbons (Fsp3) is 0.800. The van der Waals surface area contributed by atoms with E-state index in [9.17, 15) is 0 Å². The van der Waals surface area contributed by atoms with Gasteiger partial charge in [0.1, 0.15) is 6.54 Å². The lowest BCUT2D eigenvalue weighted by Crippen LogP contribution is -2.40. The predicted octanol–water partition coefficient (Wildman–Crippen LogP) is 6.22. The van der Waals surface area contributed by atoms with Crippen molar-refractivity contribution in [2.45, 2.75) is 84.0 Å². The molecule has 0 spiro atoms. The Hall–Kier alpha value is -0.560. The first-order valence-electron chi connectivity index (χ1n) is 9.45. The first-order chi connectivity index (χ1) is 10.3. The summed E-state index contributed by atoms with van der Waals surface area (Å²) in [4.78, 5) is 0. The number of rotatable bonds is 13. The standard InChI is InChI=1S/C20H38N/c1-3-4-5-6-7-8-9-10-11-12-13-15-18-21(2)19-16-14-17-20-21/h14,16-17,19H,3-13,15,18,20H2,1-2H3/q+1. The van der Waals surface area contributed by atoms with Crippen LogP contribution >= 0.6 is 0 Å². The van der Waals surface area contributed by atoms with E-state index in [1.165, 1.54) is 90.1 Å². The molecular weight excluding hydrogens is 254 g/mol. The number of nitrogens with zero attached hydrogens (tertiary/aromatic N) is 1. The minimum atomic E-state index is 1.11. The van der Waals surface area contributed by atoms with Gasteiger partial charge in [-0.2, -0.15) is 0 Å². The monoisotopic (exact) mass is 292 g/mol. The van der Waals surface area contributed by atoms with Gasteiger partial charge in [-0.15, -0.1) is 0 Å². The summed E-state index contributed by atoms with van der Waals surface area (Å²) in [6.45, 7) is 4.77. The highest BCUT2D eigenvalue weighted by Crippen LogP contribution is 2.14. The molecule has 1 aliphatic heterocycles. The van der Waals surface area contributed by atoms with Crippen molar-refractivity contribution in [1.82, 2.24) is 0 Å². The molecule has 0 aliphatic carbocycles. The topological polar surface area (TPSA) is 0 Å². The molecule has 1 aliphatic rings. The van der Waals surface area contributed by atoms with Crippen LogP contribution in [-0.2, 0) is 0 Å². The molecule has 0 N–H and O–H groups in total. The third kappa shape index (κ3) is 9.90. The second kappa shape index (κ2) is 12.0. The van der Waals surface area contributed by atoms with Gasteiger partial charge in [0, 0.05) is 0 Å². The van der Waals surface area contributed by atoms with Gasteiger partial charge in [-0.1, -0.05) is 77.2 Å². The Bertz CT molecular complexity index is 292. The van der Waals surface area contributed by atoms with Crippen LogP contribution in [0, 0.1) is 0 Å². The molecule has 0 saturated heterocycles. The number of quaternary nitrogens is 1. The second-order valence-electron chi connectivity index (χ2n) is 7.04. The smallest absolute Gasteiger partial charge is 0.102 e. The van der Waals surface area contributed by atoms with Crippen molar-refractivity contribution in [3.05, 3.63) is 24.4 Å². The fourth-order valence-corrected chi connectivity index (χ4v) is 3.18. The molecule has 0 aromatic rings. The Morgan fingerprint density at radius 2 is 1.24 bits per heavy atom. The molecule has 122 valence electrons. The van der Waals surface area contributed by atoms with E-state index in [1.54, 1.807) is 0 Å². The van der Waals surface area contributed by atoms with Crippen molar-refractivity contribution in [2.75, 3.05) is 20.1 Å². The SMILES string of the molecule is CCCCCCCCCCCCCC[N+]1(C)C=CC=CC1. The lowest BCUT2D eigenvalue weighted by atomic mass is 10.1. The number of unbranched alkanes of at least 4 members (excludes halogenated alkanes) is 11. The van der Waals surface area contributed by atoms with Crippen LogP contribution in [0.3, 0.4) is 0 Å². The van der Waals surface area contributed by atoms with Gasteiger partial charge in [0.05, 0.1) is 19.8 Å². The van der Waals surface area contributed by atoms with Crippen LogP contribution in [-0.4, -0.2) is 24.6 Å². The molecule has 1 atom stereocenters. The maximum absolute atomic E-state index is 2.35. The van der Waals surface area contributed by atoms with Crippen molar-refractivity contribution in [3.63, 3.8) is 0 Å². The summed E-state index contributed by atoms with van der Waals surface area (Å²) in [5.74, 6) is 0. The maximum Gasteiger partial charge on any atom is 0.102 e. The summed E-state index contributed by atoms with van der Waals surface area (Å²) >= 11 is 0. The van der Waals surface area contributed by atoms with Gasteiger partial charge in [0.2, 0.25) is 0 Å². The summed E-state index contributed by atoms with van der Waals surface area (Å²) in [5.41, 5.74) is 0. The van der Waals surface area contributed by atoms with E-state index in [4.69, 9.17) is 0 Å². The average Bonchev–Trinajstić information content (AvgIpc) is 2.49. The third-order valence-electron chi connectivity index (χ3n) is 4.74. The van der Waals surface area contributed by atoms with E-state index >= 15 is 0 Å². The summed E-state index contributed by atoms with van der Waals surface area (Å²) in [6, 6.07) is 0. The minimum Gasteiger partial charge on any atom is -0.296 e. The van der Waals surface area contributed by atoms with Gasteiger partial charge >= 0.3 is 0 Å². The average molecular weight is 293 g/mol. The molecule has 0 bridgehead atoms. The van der Waals surface area contributed by atoms with Gasteiger partial charge in [0.15, 0.2) is 0 Å². The summed E-state index contributed by atoms with van der Waals surface area (Å²) < 4.78 is 1.11. The number of hydrogen-bond donors (Lipinski definition) is 0. The van der Waals surface area contributed by atoms with E-state index in [0.717, 1.165) is 4.48 Å². The summed E-state index contributed by atoms with van der Waals surface area (Å²) in [7, 11) is 2.35. The Kier molecular flexibility index (Phi) is 10.6. The maximum atomic E-state index is 2.35. The second-order valence-corrected chi connectivity index (χ2v) is 7.04. The van der Waals surface area contributed by atoms with Crippen LogP contribution in [0.25, 0.3) is 0 Å². The quantitative estimate of drug-likeness (QED) is 0.279. The molecule has 0 saturated carbocycles. The summed E-state index contributed by atoms with van der Waals surface area (Å²) in [5, 5.41) is 0. The molecule has 0 radical (unpaired) electrons. The molecule has 0 amide bonds. The Morgan fingerprint density at radius 3 is 1.71 bits per heavy atom. The molecule has 0 fully saturated rings. The van der Waals surface area contributed by atoms with Crippen LogP contribution in [0.1, 0.15) is 84.0 Å². The van der Waals surface area contributed by atoms with Crippen LogP contribution in [0.2, 0.25) is 0 Å². The highest BCUT2D eigenvalue weighted by atomic mass is 15.3. The van der Waals surface area contributed by atoms with Gasteiger partial charge in [-0.3, -0.25) is 4.48 Å². The van der Waals surface area contributed by atoms with Gasteiger partial charge in [0.25, 0.3) is 0 Å².